The van der Waals surface area contributed by atoms with Gasteiger partial charge < -0.3 is 0 Å². The number of nitrogens with zero attached hydrogens (tertiary/aromatic N) is 1. The lowest BCUT2D eigenvalue weighted by atomic mass is 9.95. The number of fused-ring (bicyclic) bond motifs is 1. The molecule has 3 heteroatoms. The molecule has 2 atom stereocenters. The Balaban J connectivity index is 2.03. The van der Waals surface area contributed by atoms with Gasteiger partial charge in [-0.25, -0.2) is 0 Å². The van der Waals surface area contributed by atoms with Gasteiger partial charge in [-0.05, 0) is 18.8 Å². The van der Waals surface area contributed by atoms with Gasteiger partial charge in [-0.1, -0.05) is 44.2 Å². The van der Waals surface area contributed by atoms with E-state index in [1.807, 2.05) is 11.8 Å². The van der Waals surface area contributed by atoms with Crippen molar-refractivity contribution in [3.63, 3.8) is 0 Å². The number of rotatable bonds is 0. The SMILES string of the molecule is C[Si](C)(C)C#CC1=N[C@@H]2CCCC[C@@H]2S1. The fourth-order valence-corrected chi connectivity index (χ4v) is 3.81. The summed E-state index contributed by atoms with van der Waals surface area (Å²) in [6, 6.07) is 0.592. The minimum atomic E-state index is -1.23. The summed E-state index contributed by atoms with van der Waals surface area (Å²) >= 11 is 1.93. The van der Waals surface area contributed by atoms with Crippen molar-refractivity contribution in [2.45, 2.75) is 56.6 Å². The number of hydrogen-bond donors (Lipinski definition) is 0. The van der Waals surface area contributed by atoms with Crippen LogP contribution in [0.3, 0.4) is 0 Å². The van der Waals surface area contributed by atoms with Crippen LogP contribution >= 0.6 is 11.8 Å². The van der Waals surface area contributed by atoms with Crippen LogP contribution in [0, 0.1) is 11.5 Å². The molecule has 1 heterocycles. The lowest BCUT2D eigenvalue weighted by Gasteiger charge is -2.21. The Bertz CT molecular complexity index is 332. The Kier molecular flexibility index (Phi) is 3.27. The highest BCUT2D eigenvalue weighted by Gasteiger charge is 2.31. The molecular weight excluding hydrogens is 218 g/mol. The predicted octanol–water partition coefficient (Wildman–Crippen LogP) is 3.32. The Labute approximate surface area is 98.1 Å². The third kappa shape index (κ3) is 3.12. The van der Waals surface area contributed by atoms with Crippen LogP contribution in [0.25, 0.3) is 0 Å². The molecule has 0 radical (unpaired) electrons. The van der Waals surface area contributed by atoms with E-state index in [1.54, 1.807) is 0 Å². The molecule has 0 aromatic carbocycles. The van der Waals surface area contributed by atoms with Crippen LogP contribution < -0.4 is 0 Å². The molecule has 0 saturated heterocycles. The van der Waals surface area contributed by atoms with E-state index in [-0.39, 0.29) is 0 Å². The predicted molar refractivity (Wildman–Crippen MR) is 72.2 cm³/mol. The van der Waals surface area contributed by atoms with Crippen molar-refractivity contribution >= 4 is 24.9 Å². The van der Waals surface area contributed by atoms with Crippen molar-refractivity contribution in [3.8, 4) is 11.5 Å². The Morgan fingerprint density at radius 1 is 1.27 bits per heavy atom. The van der Waals surface area contributed by atoms with Gasteiger partial charge in [-0.15, -0.1) is 5.54 Å². The van der Waals surface area contributed by atoms with Crippen LogP contribution in [0.5, 0.6) is 0 Å². The molecule has 1 saturated carbocycles. The minimum absolute atomic E-state index is 0.592. The fourth-order valence-electron chi connectivity index (χ4n) is 1.99. The first-order chi connectivity index (χ1) is 7.04. The average molecular weight is 237 g/mol. The van der Waals surface area contributed by atoms with E-state index in [0.29, 0.717) is 6.04 Å². The second-order valence-corrected chi connectivity index (χ2v) is 11.4. The summed E-state index contributed by atoms with van der Waals surface area (Å²) in [5, 5.41) is 1.87. The summed E-state index contributed by atoms with van der Waals surface area (Å²) in [6.07, 6.45) is 5.38. The Morgan fingerprint density at radius 2 is 2.00 bits per heavy atom. The quantitative estimate of drug-likeness (QED) is 0.465. The smallest absolute Gasteiger partial charge is 0.141 e. The molecule has 82 valence electrons. The largest absolute Gasteiger partial charge is 0.265 e. The van der Waals surface area contributed by atoms with Gasteiger partial charge in [0.2, 0.25) is 0 Å². The fraction of sp³-hybridized carbons (Fsp3) is 0.750. The van der Waals surface area contributed by atoms with Gasteiger partial charge in [0.15, 0.2) is 0 Å². The molecule has 0 aromatic heterocycles. The van der Waals surface area contributed by atoms with Crippen LogP contribution in [0.4, 0.5) is 0 Å². The summed E-state index contributed by atoms with van der Waals surface area (Å²) < 4.78 is 0. The van der Waals surface area contributed by atoms with Crippen LogP contribution in [0.2, 0.25) is 19.6 Å². The van der Waals surface area contributed by atoms with Gasteiger partial charge in [0, 0.05) is 5.25 Å². The van der Waals surface area contributed by atoms with Gasteiger partial charge in [0.05, 0.1) is 6.04 Å². The molecule has 1 aliphatic heterocycles. The lowest BCUT2D eigenvalue weighted by Crippen LogP contribution is -2.21. The monoisotopic (exact) mass is 237 g/mol. The topological polar surface area (TPSA) is 12.4 Å². The molecule has 15 heavy (non-hydrogen) atoms. The first-order valence-corrected chi connectivity index (χ1v) is 10.2. The molecule has 2 rings (SSSR count). The molecule has 0 bridgehead atoms. The standard InChI is InChI=1S/C12H19NSSi/c1-15(2,3)9-8-12-13-10-6-4-5-7-11(10)14-12/h10-11H,4-7H2,1-3H3/t10-,11+/m1/s1. The highest BCUT2D eigenvalue weighted by atomic mass is 32.2. The van der Waals surface area contributed by atoms with Crippen molar-refractivity contribution in [3.05, 3.63) is 0 Å². The first kappa shape index (κ1) is 11.3. The number of hydrogen-bond acceptors (Lipinski definition) is 2. The highest BCUT2D eigenvalue weighted by molar-refractivity contribution is 8.15. The average Bonchev–Trinajstić information content (AvgIpc) is 2.56. The van der Waals surface area contributed by atoms with Gasteiger partial charge >= 0.3 is 0 Å². The Morgan fingerprint density at radius 3 is 2.67 bits per heavy atom. The zero-order chi connectivity index (χ0) is 10.9. The summed E-state index contributed by atoms with van der Waals surface area (Å²) in [7, 11) is -1.23. The molecule has 1 aliphatic carbocycles. The summed E-state index contributed by atoms with van der Waals surface area (Å²) in [4.78, 5) is 4.74. The second-order valence-electron chi connectivity index (χ2n) is 5.44. The third-order valence-corrected chi connectivity index (χ3v) is 4.92. The van der Waals surface area contributed by atoms with Crippen LogP contribution in [0.15, 0.2) is 4.99 Å². The zero-order valence-corrected chi connectivity index (χ0v) is 11.7. The third-order valence-electron chi connectivity index (χ3n) is 2.76. The molecule has 0 spiro atoms. The summed E-state index contributed by atoms with van der Waals surface area (Å²) in [6.45, 7) is 6.85. The summed E-state index contributed by atoms with van der Waals surface area (Å²) in [5.41, 5.74) is 3.41. The van der Waals surface area contributed by atoms with E-state index >= 15 is 0 Å². The molecule has 1 fully saturated rings. The molecule has 0 unspecified atom stereocenters. The van der Waals surface area contributed by atoms with E-state index in [0.717, 1.165) is 10.3 Å². The van der Waals surface area contributed by atoms with Crippen molar-refractivity contribution in [1.29, 1.82) is 0 Å². The number of aliphatic imine (C=N–C) groups is 1. The van der Waals surface area contributed by atoms with Gasteiger partial charge in [-0.2, -0.15) is 0 Å². The molecule has 0 amide bonds. The summed E-state index contributed by atoms with van der Waals surface area (Å²) in [5.74, 6) is 3.30. The van der Waals surface area contributed by atoms with Crippen LogP contribution in [0.1, 0.15) is 25.7 Å². The first-order valence-electron chi connectivity index (χ1n) is 5.82. The van der Waals surface area contributed by atoms with Gasteiger partial charge in [-0.3, -0.25) is 4.99 Å². The van der Waals surface area contributed by atoms with Crippen LogP contribution in [-0.2, 0) is 0 Å². The highest BCUT2D eigenvalue weighted by Crippen LogP contribution is 2.36. The maximum Gasteiger partial charge on any atom is 0.141 e. The van der Waals surface area contributed by atoms with Crippen molar-refractivity contribution in [2.75, 3.05) is 0 Å². The molecule has 0 aromatic rings. The van der Waals surface area contributed by atoms with E-state index in [2.05, 4.69) is 31.1 Å². The second kappa shape index (κ2) is 4.35. The van der Waals surface area contributed by atoms with E-state index < -0.39 is 8.07 Å². The van der Waals surface area contributed by atoms with Crippen molar-refractivity contribution < 1.29 is 0 Å². The molecule has 2 aliphatic rings. The van der Waals surface area contributed by atoms with E-state index in [9.17, 15) is 0 Å². The maximum absolute atomic E-state index is 4.74. The van der Waals surface area contributed by atoms with E-state index in [1.165, 1.54) is 25.7 Å². The van der Waals surface area contributed by atoms with Gasteiger partial charge in [0.1, 0.15) is 13.1 Å². The maximum atomic E-state index is 4.74. The minimum Gasteiger partial charge on any atom is -0.265 e. The lowest BCUT2D eigenvalue weighted by molar-refractivity contribution is 0.462. The van der Waals surface area contributed by atoms with E-state index in [4.69, 9.17) is 4.99 Å². The zero-order valence-electron chi connectivity index (χ0n) is 9.84. The van der Waals surface area contributed by atoms with Gasteiger partial charge in [0.25, 0.3) is 0 Å². The molecule has 1 nitrogen and oxygen atoms in total. The van der Waals surface area contributed by atoms with Crippen LogP contribution in [-0.4, -0.2) is 24.4 Å². The number of thioether (sulfide) groups is 1. The van der Waals surface area contributed by atoms with Crippen molar-refractivity contribution in [1.82, 2.24) is 0 Å². The normalized spacial score (nSPS) is 30.2. The molecular formula is C12H19NSSi. The Hall–Kier alpha value is -0.203. The molecule has 0 N–H and O–H groups in total. The van der Waals surface area contributed by atoms with Crippen molar-refractivity contribution in [2.24, 2.45) is 4.99 Å².